The summed E-state index contributed by atoms with van der Waals surface area (Å²) in [6.07, 6.45) is 8.79. The molecule has 0 saturated heterocycles. The summed E-state index contributed by atoms with van der Waals surface area (Å²) in [6.45, 7) is 1.97. The van der Waals surface area contributed by atoms with Crippen molar-refractivity contribution in [3.63, 3.8) is 0 Å². The van der Waals surface area contributed by atoms with Crippen LogP contribution in [0.3, 0.4) is 0 Å². The molecule has 2 heterocycles. The van der Waals surface area contributed by atoms with Gasteiger partial charge in [0.25, 0.3) is 10.3 Å². The number of rotatable bonds is 7. The Hall–Kier alpha value is -1.12. The zero-order chi connectivity index (χ0) is 14.2. The van der Waals surface area contributed by atoms with Crippen molar-refractivity contribution in [1.82, 2.24) is 0 Å². The monoisotopic (exact) mass is 310 g/mol. The molecule has 20 heavy (non-hydrogen) atoms. The van der Waals surface area contributed by atoms with Crippen molar-refractivity contribution in [3.05, 3.63) is 59.1 Å². The van der Waals surface area contributed by atoms with Crippen molar-refractivity contribution >= 4 is 23.2 Å². The fraction of sp³-hybridized carbons (Fsp3) is 0.375. The molecule has 0 fully saturated rings. The summed E-state index contributed by atoms with van der Waals surface area (Å²) in [5, 5.41) is 1.61. The van der Waals surface area contributed by atoms with Gasteiger partial charge in [0.05, 0.1) is 0 Å². The molecule has 2 rings (SSSR count). The second kappa shape index (κ2) is 8.23. The van der Waals surface area contributed by atoms with Crippen LogP contribution in [-0.4, -0.2) is 0 Å². The molecule has 0 spiro atoms. The number of aryl methyl sites for hydroxylation is 2. The predicted molar refractivity (Wildman–Crippen MR) is 81.8 cm³/mol. The number of halogens is 2. The highest BCUT2D eigenvalue weighted by atomic mass is 35.5. The Morgan fingerprint density at radius 3 is 1.50 bits per heavy atom. The molecule has 0 N–H and O–H groups in total. The summed E-state index contributed by atoms with van der Waals surface area (Å²) in [5.41, 5.74) is 0. The standard InChI is InChI=1S/C16H20Cl2N2/c17-15-9-3-7-13-19(15)11-5-1-2-6-12-20-14-8-4-10-16(20)18/h3-4,7-10,13-14H,1-2,5-6,11-12H2/q+2. The third kappa shape index (κ3) is 4.77. The molecule has 2 aromatic heterocycles. The molecule has 0 saturated carbocycles. The largest absolute Gasteiger partial charge is 0.274 e. The van der Waals surface area contributed by atoms with E-state index in [0.29, 0.717) is 0 Å². The van der Waals surface area contributed by atoms with Crippen LogP contribution in [0.1, 0.15) is 25.7 Å². The lowest BCUT2D eigenvalue weighted by atomic mass is 10.2. The number of hydrogen-bond donors (Lipinski definition) is 0. The van der Waals surface area contributed by atoms with E-state index in [0.717, 1.165) is 36.2 Å². The van der Waals surface area contributed by atoms with E-state index < -0.39 is 0 Å². The first-order chi connectivity index (χ1) is 9.77. The molecule has 0 aliphatic carbocycles. The van der Waals surface area contributed by atoms with Crippen LogP contribution in [-0.2, 0) is 13.1 Å². The highest BCUT2D eigenvalue weighted by Gasteiger charge is 2.07. The molecule has 0 bridgehead atoms. The maximum Gasteiger partial charge on any atom is 0.274 e. The Bertz CT molecular complexity index is 494. The van der Waals surface area contributed by atoms with Crippen molar-refractivity contribution in [2.75, 3.05) is 0 Å². The summed E-state index contributed by atoms with van der Waals surface area (Å²) in [6, 6.07) is 11.8. The summed E-state index contributed by atoms with van der Waals surface area (Å²) in [5.74, 6) is 0. The molecule has 0 aliphatic heterocycles. The maximum absolute atomic E-state index is 6.11. The number of nitrogens with zero attached hydrogens (tertiary/aromatic N) is 2. The molecular weight excluding hydrogens is 291 g/mol. The lowest BCUT2D eigenvalue weighted by Gasteiger charge is -2.00. The summed E-state index contributed by atoms with van der Waals surface area (Å²) < 4.78 is 4.18. The van der Waals surface area contributed by atoms with E-state index in [1.807, 2.05) is 48.8 Å². The minimum absolute atomic E-state index is 0.805. The van der Waals surface area contributed by atoms with Gasteiger partial charge in [-0.15, -0.1) is 0 Å². The second-order valence-electron chi connectivity index (χ2n) is 4.85. The maximum atomic E-state index is 6.11. The lowest BCUT2D eigenvalue weighted by molar-refractivity contribution is -0.696. The predicted octanol–water partition coefficient (Wildman–Crippen LogP) is 3.83. The van der Waals surface area contributed by atoms with E-state index in [1.54, 1.807) is 0 Å². The summed E-state index contributed by atoms with van der Waals surface area (Å²) >= 11 is 12.2. The van der Waals surface area contributed by atoms with E-state index in [4.69, 9.17) is 23.2 Å². The van der Waals surface area contributed by atoms with Crippen LogP contribution in [0.4, 0.5) is 0 Å². The molecule has 0 aromatic carbocycles. The number of hydrogen-bond acceptors (Lipinski definition) is 0. The van der Waals surface area contributed by atoms with Gasteiger partial charge in [0.2, 0.25) is 0 Å². The van der Waals surface area contributed by atoms with Gasteiger partial charge in [-0.25, -0.2) is 0 Å². The molecule has 4 heteroatoms. The van der Waals surface area contributed by atoms with Crippen molar-refractivity contribution in [3.8, 4) is 0 Å². The van der Waals surface area contributed by atoms with E-state index in [9.17, 15) is 0 Å². The first-order valence-corrected chi connectivity index (χ1v) is 7.81. The SMILES string of the molecule is Clc1cccc[n+]1CCCCCC[n+]1ccccc1Cl. The fourth-order valence-electron chi connectivity index (χ4n) is 2.19. The van der Waals surface area contributed by atoms with Gasteiger partial charge in [0.1, 0.15) is 13.1 Å². The topological polar surface area (TPSA) is 7.76 Å². The molecule has 0 unspecified atom stereocenters. The van der Waals surface area contributed by atoms with Gasteiger partial charge < -0.3 is 0 Å². The van der Waals surface area contributed by atoms with Crippen molar-refractivity contribution < 1.29 is 9.13 Å². The lowest BCUT2D eigenvalue weighted by Crippen LogP contribution is -2.35. The third-order valence-corrected chi connectivity index (χ3v) is 4.00. The minimum atomic E-state index is 0.805. The van der Waals surface area contributed by atoms with Crippen LogP contribution in [0.15, 0.2) is 48.8 Å². The van der Waals surface area contributed by atoms with Crippen molar-refractivity contribution in [2.24, 2.45) is 0 Å². The van der Waals surface area contributed by atoms with Crippen LogP contribution in [0, 0.1) is 0 Å². The average Bonchev–Trinajstić information content (AvgIpc) is 2.46. The molecular formula is C16H20Cl2N2+2. The van der Waals surface area contributed by atoms with E-state index in [1.165, 1.54) is 12.8 Å². The summed E-state index contributed by atoms with van der Waals surface area (Å²) in [7, 11) is 0. The quantitative estimate of drug-likeness (QED) is 0.417. The molecule has 2 nitrogen and oxygen atoms in total. The van der Waals surface area contributed by atoms with Crippen molar-refractivity contribution in [1.29, 1.82) is 0 Å². The van der Waals surface area contributed by atoms with Gasteiger partial charge in [0.15, 0.2) is 12.4 Å². The molecule has 0 radical (unpaired) electrons. The highest BCUT2D eigenvalue weighted by Crippen LogP contribution is 2.05. The Balaban J connectivity index is 1.63. The number of pyridine rings is 2. The Kier molecular flexibility index (Phi) is 6.28. The van der Waals surface area contributed by atoms with Gasteiger partial charge in [-0.05, 0) is 48.2 Å². The molecule has 106 valence electrons. The number of aromatic nitrogens is 2. The average molecular weight is 311 g/mol. The Labute approximate surface area is 130 Å². The number of unbranched alkanes of at least 4 members (excludes halogenated alkanes) is 3. The fourth-order valence-corrected chi connectivity index (χ4v) is 2.62. The first kappa shape index (κ1) is 15.3. The Morgan fingerprint density at radius 2 is 1.10 bits per heavy atom. The van der Waals surface area contributed by atoms with Crippen LogP contribution < -0.4 is 9.13 Å². The third-order valence-electron chi connectivity index (χ3n) is 3.32. The van der Waals surface area contributed by atoms with Gasteiger partial charge in [-0.2, -0.15) is 9.13 Å². The molecule has 0 amide bonds. The van der Waals surface area contributed by atoms with E-state index >= 15 is 0 Å². The van der Waals surface area contributed by atoms with Crippen LogP contribution in [0.2, 0.25) is 10.3 Å². The zero-order valence-corrected chi connectivity index (χ0v) is 13.0. The van der Waals surface area contributed by atoms with Crippen LogP contribution in [0.5, 0.6) is 0 Å². The van der Waals surface area contributed by atoms with E-state index in [-0.39, 0.29) is 0 Å². The Morgan fingerprint density at radius 1 is 0.650 bits per heavy atom. The highest BCUT2D eigenvalue weighted by molar-refractivity contribution is 6.28. The molecule has 2 aromatic rings. The second-order valence-corrected chi connectivity index (χ2v) is 5.62. The smallest absolute Gasteiger partial charge is 0.189 e. The van der Waals surface area contributed by atoms with Gasteiger partial charge >= 0.3 is 0 Å². The van der Waals surface area contributed by atoms with Gasteiger partial charge in [-0.3, -0.25) is 0 Å². The van der Waals surface area contributed by atoms with Crippen molar-refractivity contribution in [2.45, 2.75) is 38.8 Å². The normalized spacial score (nSPS) is 10.7. The minimum Gasteiger partial charge on any atom is -0.189 e. The summed E-state index contributed by atoms with van der Waals surface area (Å²) in [4.78, 5) is 0. The zero-order valence-electron chi connectivity index (χ0n) is 11.5. The van der Waals surface area contributed by atoms with E-state index in [2.05, 4.69) is 9.13 Å². The first-order valence-electron chi connectivity index (χ1n) is 7.05. The van der Waals surface area contributed by atoms with Crippen LogP contribution in [0.25, 0.3) is 0 Å². The molecule has 0 aliphatic rings. The van der Waals surface area contributed by atoms with Crippen LogP contribution >= 0.6 is 23.2 Å². The van der Waals surface area contributed by atoms with Gasteiger partial charge in [-0.1, -0.05) is 0 Å². The molecule has 0 atom stereocenters. The van der Waals surface area contributed by atoms with Gasteiger partial charge in [0, 0.05) is 37.1 Å².